The highest BCUT2D eigenvalue weighted by Crippen LogP contribution is 2.32. The van der Waals surface area contributed by atoms with Crippen LogP contribution in [0.15, 0.2) is 48.5 Å². The first-order valence-electron chi connectivity index (χ1n) is 6.08. The van der Waals surface area contributed by atoms with Gasteiger partial charge in [0.2, 0.25) is 0 Å². The summed E-state index contributed by atoms with van der Waals surface area (Å²) in [6.07, 6.45) is 0. The zero-order chi connectivity index (χ0) is 12.4. The lowest BCUT2D eigenvalue weighted by atomic mass is 10.0. The van der Waals surface area contributed by atoms with E-state index in [0.29, 0.717) is 18.3 Å². The second kappa shape index (κ2) is 4.61. The maximum Gasteiger partial charge on any atom is 0.160 e. The van der Waals surface area contributed by atoms with Gasteiger partial charge >= 0.3 is 0 Å². The summed E-state index contributed by atoms with van der Waals surface area (Å²) in [5, 5.41) is 13.0. The van der Waals surface area contributed by atoms with Gasteiger partial charge in [-0.15, -0.1) is 0 Å². The maximum absolute atomic E-state index is 9.64. The Morgan fingerprint density at radius 2 is 1.89 bits per heavy atom. The number of rotatable bonds is 3. The highest BCUT2D eigenvalue weighted by molar-refractivity contribution is 5.57. The van der Waals surface area contributed by atoms with Crippen LogP contribution in [0.5, 0.6) is 11.5 Å². The summed E-state index contributed by atoms with van der Waals surface area (Å²) in [5.41, 5.74) is 2.47. The minimum absolute atomic E-state index is 0.191. The summed E-state index contributed by atoms with van der Waals surface area (Å²) in [7, 11) is 0. The number of phenolic OH excluding ortho intramolecular Hbond substituents is 1. The molecule has 2 aromatic rings. The molecule has 0 saturated carbocycles. The summed E-state index contributed by atoms with van der Waals surface area (Å²) < 4.78 is 5.69. The van der Waals surface area contributed by atoms with Crippen LogP contribution in [0.25, 0.3) is 0 Å². The molecule has 0 bridgehead atoms. The van der Waals surface area contributed by atoms with Crippen molar-refractivity contribution in [1.29, 1.82) is 0 Å². The lowest BCUT2D eigenvalue weighted by molar-refractivity contribution is 0.281. The van der Waals surface area contributed by atoms with Gasteiger partial charge in [-0.25, -0.2) is 0 Å². The predicted molar refractivity (Wildman–Crippen MR) is 71.3 cm³/mol. The fourth-order valence-corrected chi connectivity index (χ4v) is 2.28. The first-order valence-corrected chi connectivity index (χ1v) is 6.08. The molecular weight excluding hydrogens is 226 g/mol. The molecule has 3 heteroatoms. The monoisotopic (exact) mass is 241 g/mol. The summed E-state index contributed by atoms with van der Waals surface area (Å²) >= 11 is 0. The molecule has 0 fully saturated rings. The topological polar surface area (TPSA) is 41.5 Å². The third-order valence-corrected chi connectivity index (χ3v) is 3.24. The SMILES string of the molecule is Oc1ccccc1OCC1CNc2ccccc21. The van der Waals surface area contributed by atoms with Gasteiger partial charge in [0, 0.05) is 18.2 Å². The lowest BCUT2D eigenvalue weighted by Crippen LogP contribution is -2.12. The van der Waals surface area contributed by atoms with Crippen LogP contribution in [0.1, 0.15) is 11.5 Å². The average Bonchev–Trinajstić information content (AvgIpc) is 2.81. The second-order valence-electron chi connectivity index (χ2n) is 4.44. The Bertz CT molecular complexity index is 554. The molecule has 0 saturated heterocycles. The number of fused-ring (bicyclic) bond motifs is 1. The molecular formula is C15H15NO2. The Kier molecular flexibility index (Phi) is 2.81. The van der Waals surface area contributed by atoms with Gasteiger partial charge in [-0.3, -0.25) is 0 Å². The molecule has 1 heterocycles. The summed E-state index contributed by atoms with van der Waals surface area (Å²) in [6.45, 7) is 1.45. The Labute approximate surface area is 106 Å². The van der Waals surface area contributed by atoms with Crippen molar-refractivity contribution in [3.63, 3.8) is 0 Å². The van der Waals surface area contributed by atoms with E-state index < -0.39 is 0 Å². The maximum atomic E-state index is 9.64. The van der Waals surface area contributed by atoms with Crippen molar-refractivity contribution < 1.29 is 9.84 Å². The Balaban J connectivity index is 1.71. The van der Waals surface area contributed by atoms with E-state index in [1.807, 2.05) is 18.2 Å². The quantitative estimate of drug-likeness (QED) is 0.868. The fourth-order valence-electron chi connectivity index (χ4n) is 2.28. The molecule has 0 amide bonds. The van der Waals surface area contributed by atoms with Crippen molar-refractivity contribution in [1.82, 2.24) is 0 Å². The van der Waals surface area contributed by atoms with Gasteiger partial charge in [-0.05, 0) is 23.8 Å². The van der Waals surface area contributed by atoms with E-state index in [4.69, 9.17) is 4.74 Å². The fraction of sp³-hybridized carbons (Fsp3) is 0.200. The van der Waals surface area contributed by atoms with E-state index in [9.17, 15) is 5.11 Å². The second-order valence-corrected chi connectivity index (χ2v) is 4.44. The van der Waals surface area contributed by atoms with Crippen LogP contribution in [-0.4, -0.2) is 18.3 Å². The minimum Gasteiger partial charge on any atom is -0.504 e. The molecule has 1 unspecified atom stereocenters. The first-order chi connectivity index (χ1) is 8.84. The van der Waals surface area contributed by atoms with Crippen molar-refractivity contribution in [3.05, 3.63) is 54.1 Å². The Morgan fingerprint density at radius 3 is 2.78 bits per heavy atom. The van der Waals surface area contributed by atoms with Crippen molar-refractivity contribution >= 4 is 5.69 Å². The number of benzene rings is 2. The molecule has 0 aliphatic carbocycles. The summed E-state index contributed by atoms with van der Waals surface area (Å²) in [6, 6.07) is 15.3. The van der Waals surface area contributed by atoms with Crippen molar-refractivity contribution in [2.45, 2.75) is 5.92 Å². The van der Waals surface area contributed by atoms with E-state index >= 15 is 0 Å². The number of para-hydroxylation sites is 3. The van der Waals surface area contributed by atoms with Crippen LogP contribution in [-0.2, 0) is 0 Å². The van der Waals surface area contributed by atoms with Gasteiger partial charge in [-0.2, -0.15) is 0 Å². The van der Waals surface area contributed by atoms with Crippen molar-refractivity contribution in [2.75, 3.05) is 18.5 Å². The summed E-state index contributed by atoms with van der Waals surface area (Å²) in [4.78, 5) is 0. The zero-order valence-electron chi connectivity index (χ0n) is 9.97. The predicted octanol–water partition coefficient (Wildman–Crippen LogP) is 2.98. The standard InChI is InChI=1S/C15H15NO2/c17-14-7-3-4-8-15(14)18-10-11-9-16-13-6-2-1-5-12(11)13/h1-8,11,16-17H,9-10H2. The molecule has 1 aliphatic rings. The molecule has 0 spiro atoms. The van der Waals surface area contributed by atoms with E-state index in [1.54, 1.807) is 18.2 Å². The molecule has 3 nitrogen and oxygen atoms in total. The van der Waals surface area contributed by atoms with Crippen LogP contribution in [0.4, 0.5) is 5.69 Å². The van der Waals surface area contributed by atoms with Crippen LogP contribution in [0.3, 0.4) is 0 Å². The van der Waals surface area contributed by atoms with E-state index in [0.717, 1.165) is 6.54 Å². The van der Waals surface area contributed by atoms with E-state index in [2.05, 4.69) is 17.4 Å². The minimum atomic E-state index is 0.191. The van der Waals surface area contributed by atoms with Gasteiger partial charge in [-0.1, -0.05) is 30.3 Å². The largest absolute Gasteiger partial charge is 0.504 e. The molecule has 2 aromatic carbocycles. The van der Waals surface area contributed by atoms with Crippen molar-refractivity contribution in [3.8, 4) is 11.5 Å². The molecule has 1 aliphatic heterocycles. The molecule has 18 heavy (non-hydrogen) atoms. The normalized spacial score (nSPS) is 17.0. The number of phenols is 1. The smallest absolute Gasteiger partial charge is 0.160 e. The van der Waals surface area contributed by atoms with Crippen LogP contribution in [0, 0.1) is 0 Å². The van der Waals surface area contributed by atoms with E-state index in [-0.39, 0.29) is 5.75 Å². The average molecular weight is 241 g/mol. The third-order valence-electron chi connectivity index (χ3n) is 3.24. The zero-order valence-corrected chi connectivity index (χ0v) is 9.97. The lowest BCUT2D eigenvalue weighted by Gasteiger charge is -2.12. The number of aromatic hydroxyl groups is 1. The Hall–Kier alpha value is -2.16. The molecule has 1 atom stereocenters. The number of ether oxygens (including phenoxy) is 1. The van der Waals surface area contributed by atoms with Crippen LogP contribution < -0.4 is 10.1 Å². The van der Waals surface area contributed by atoms with E-state index in [1.165, 1.54) is 11.3 Å². The number of hydrogen-bond acceptors (Lipinski definition) is 3. The van der Waals surface area contributed by atoms with Gasteiger partial charge in [0.05, 0.1) is 6.61 Å². The molecule has 0 aromatic heterocycles. The van der Waals surface area contributed by atoms with Gasteiger partial charge in [0.1, 0.15) is 0 Å². The molecule has 3 rings (SSSR count). The Morgan fingerprint density at radius 1 is 1.11 bits per heavy atom. The number of anilines is 1. The van der Waals surface area contributed by atoms with Crippen LogP contribution in [0.2, 0.25) is 0 Å². The first kappa shape index (κ1) is 11.0. The van der Waals surface area contributed by atoms with Crippen LogP contribution >= 0.6 is 0 Å². The van der Waals surface area contributed by atoms with Crippen molar-refractivity contribution in [2.24, 2.45) is 0 Å². The highest BCUT2D eigenvalue weighted by atomic mass is 16.5. The van der Waals surface area contributed by atoms with Gasteiger partial charge in [0.15, 0.2) is 11.5 Å². The van der Waals surface area contributed by atoms with Gasteiger partial charge in [0.25, 0.3) is 0 Å². The summed E-state index contributed by atoms with van der Waals surface area (Å²) in [5.74, 6) is 1.07. The number of nitrogens with one attached hydrogen (secondary N) is 1. The number of hydrogen-bond donors (Lipinski definition) is 2. The molecule has 0 radical (unpaired) electrons. The molecule has 92 valence electrons. The third kappa shape index (κ3) is 1.99. The molecule has 2 N–H and O–H groups in total. The van der Waals surface area contributed by atoms with Gasteiger partial charge < -0.3 is 15.2 Å². The highest BCUT2D eigenvalue weighted by Gasteiger charge is 2.22.